The summed E-state index contributed by atoms with van der Waals surface area (Å²) >= 11 is 0. The molecule has 0 radical (unpaired) electrons. The van der Waals surface area contributed by atoms with Crippen molar-refractivity contribution in [3.05, 3.63) is 35.9 Å². The first-order valence-corrected chi connectivity index (χ1v) is 6.91. The van der Waals surface area contributed by atoms with Crippen molar-refractivity contribution in [2.24, 2.45) is 0 Å². The number of carbonyl (C=O) groups excluding carboxylic acids is 1. The Bertz CT molecular complexity index is 408. The second-order valence-corrected chi connectivity index (χ2v) is 5.00. The highest BCUT2D eigenvalue weighted by molar-refractivity contribution is 5.68. The predicted octanol–water partition coefficient (Wildman–Crippen LogP) is 2.05. The molecular formula is C15H22N2O2. The maximum absolute atomic E-state index is 11.9. The van der Waals surface area contributed by atoms with Gasteiger partial charge in [-0.25, -0.2) is 4.79 Å². The topological polar surface area (TPSA) is 41.6 Å². The number of carbonyl (C=O) groups is 1. The molecule has 19 heavy (non-hydrogen) atoms. The molecule has 0 aliphatic carbocycles. The van der Waals surface area contributed by atoms with Gasteiger partial charge >= 0.3 is 6.09 Å². The quantitative estimate of drug-likeness (QED) is 0.906. The Morgan fingerprint density at radius 2 is 2.16 bits per heavy atom. The molecule has 2 rings (SSSR count). The van der Waals surface area contributed by atoms with Crippen LogP contribution in [0, 0.1) is 0 Å². The first kappa shape index (κ1) is 13.9. The molecule has 0 bridgehead atoms. The van der Waals surface area contributed by atoms with E-state index in [2.05, 4.69) is 17.4 Å². The fourth-order valence-corrected chi connectivity index (χ4v) is 2.43. The highest BCUT2D eigenvalue weighted by Gasteiger charge is 2.29. The Kier molecular flexibility index (Phi) is 4.80. The number of nitrogens with zero attached hydrogens (tertiary/aromatic N) is 1. The number of hydrogen-bond donors (Lipinski definition) is 1. The van der Waals surface area contributed by atoms with Gasteiger partial charge in [-0.1, -0.05) is 30.3 Å². The van der Waals surface area contributed by atoms with Crippen molar-refractivity contribution in [2.45, 2.75) is 32.4 Å². The predicted molar refractivity (Wildman–Crippen MR) is 75.1 cm³/mol. The third kappa shape index (κ3) is 3.70. The molecule has 4 heteroatoms. The van der Waals surface area contributed by atoms with E-state index in [1.165, 1.54) is 5.56 Å². The number of hydrogen-bond acceptors (Lipinski definition) is 3. The standard InChI is InChI=1S/C15H22N2O2/c1-3-19-15(18)17-11-14(16-10-12(17)2)9-13-7-5-4-6-8-13/h4-8,12,14,16H,3,9-11H2,1-2H3. The van der Waals surface area contributed by atoms with Crippen molar-refractivity contribution in [3.63, 3.8) is 0 Å². The van der Waals surface area contributed by atoms with Crippen molar-refractivity contribution in [3.8, 4) is 0 Å². The molecule has 2 unspecified atom stereocenters. The minimum atomic E-state index is -0.199. The van der Waals surface area contributed by atoms with Gasteiger partial charge in [-0.2, -0.15) is 0 Å². The van der Waals surface area contributed by atoms with Crippen molar-refractivity contribution in [1.82, 2.24) is 10.2 Å². The van der Waals surface area contributed by atoms with Gasteiger partial charge in [0.2, 0.25) is 0 Å². The number of piperazine rings is 1. The average Bonchev–Trinajstić information content (AvgIpc) is 2.42. The minimum absolute atomic E-state index is 0.186. The van der Waals surface area contributed by atoms with E-state index in [-0.39, 0.29) is 12.1 Å². The fraction of sp³-hybridized carbons (Fsp3) is 0.533. The van der Waals surface area contributed by atoms with Crippen LogP contribution in [0.3, 0.4) is 0 Å². The molecular weight excluding hydrogens is 240 g/mol. The number of benzene rings is 1. The van der Waals surface area contributed by atoms with Gasteiger partial charge in [0.05, 0.1) is 6.61 Å². The third-order valence-corrected chi connectivity index (χ3v) is 3.48. The molecule has 0 saturated carbocycles. The summed E-state index contributed by atoms with van der Waals surface area (Å²) in [4.78, 5) is 13.7. The Balaban J connectivity index is 1.95. The normalized spacial score (nSPS) is 23.2. The van der Waals surface area contributed by atoms with Gasteiger partial charge in [0.25, 0.3) is 0 Å². The van der Waals surface area contributed by atoms with Gasteiger partial charge in [0.1, 0.15) is 0 Å². The largest absolute Gasteiger partial charge is 0.450 e. The summed E-state index contributed by atoms with van der Waals surface area (Å²) in [7, 11) is 0. The Hall–Kier alpha value is -1.55. The van der Waals surface area contributed by atoms with Crippen LogP contribution in [0.15, 0.2) is 30.3 Å². The summed E-state index contributed by atoms with van der Waals surface area (Å²) in [6.07, 6.45) is 0.735. The lowest BCUT2D eigenvalue weighted by molar-refractivity contribution is 0.0755. The number of amides is 1. The molecule has 1 saturated heterocycles. The molecule has 1 aromatic rings. The van der Waals surface area contributed by atoms with Crippen LogP contribution in [0.1, 0.15) is 19.4 Å². The molecule has 1 heterocycles. The molecule has 1 amide bonds. The minimum Gasteiger partial charge on any atom is -0.450 e. The lowest BCUT2D eigenvalue weighted by atomic mass is 10.0. The molecule has 1 aromatic carbocycles. The van der Waals surface area contributed by atoms with Crippen molar-refractivity contribution >= 4 is 6.09 Å². The summed E-state index contributed by atoms with van der Waals surface area (Å²) in [5, 5.41) is 3.49. The first-order chi connectivity index (χ1) is 9.20. The zero-order valence-electron chi connectivity index (χ0n) is 11.6. The zero-order valence-corrected chi connectivity index (χ0v) is 11.6. The molecule has 104 valence electrons. The van der Waals surface area contributed by atoms with Gasteiger partial charge in [-0.05, 0) is 25.8 Å². The second kappa shape index (κ2) is 6.57. The van der Waals surface area contributed by atoms with Crippen molar-refractivity contribution < 1.29 is 9.53 Å². The van der Waals surface area contributed by atoms with Crippen LogP contribution in [-0.4, -0.2) is 42.8 Å². The smallest absolute Gasteiger partial charge is 0.410 e. The zero-order chi connectivity index (χ0) is 13.7. The van der Waals surface area contributed by atoms with Gasteiger partial charge in [0, 0.05) is 25.2 Å². The lowest BCUT2D eigenvalue weighted by Crippen LogP contribution is -2.57. The molecule has 1 aliphatic rings. The fourth-order valence-electron chi connectivity index (χ4n) is 2.43. The van der Waals surface area contributed by atoms with E-state index >= 15 is 0 Å². The van der Waals surface area contributed by atoms with E-state index in [0.717, 1.165) is 13.0 Å². The maximum atomic E-state index is 11.9. The first-order valence-electron chi connectivity index (χ1n) is 6.91. The molecule has 1 fully saturated rings. The number of ether oxygens (including phenoxy) is 1. The van der Waals surface area contributed by atoms with Gasteiger partial charge < -0.3 is 15.0 Å². The number of nitrogens with one attached hydrogen (secondary N) is 1. The highest BCUT2D eigenvalue weighted by atomic mass is 16.6. The molecule has 2 atom stereocenters. The van der Waals surface area contributed by atoms with E-state index in [1.54, 1.807) is 0 Å². The Labute approximate surface area is 114 Å². The van der Waals surface area contributed by atoms with Crippen LogP contribution in [0.4, 0.5) is 4.79 Å². The van der Waals surface area contributed by atoms with Crippen LogP contribution in [-0.2, 0) is 11.2 Å². The Morgan fingerprint density at radius 3 is 2.84 bits per heavy atom. The van der Waals surface area contributed by atoms with Crippen LogP contribution in [0.5, 0.6) is 0 Å². The van der Waals surface area contributed by atoms with E-state index in [9.17, 15) is 4.79 Å². The van der Waals surface area contributed by atoms with Crippen LogP contribution in [0.25, 0.3) is 0 Å². The van der Waals surface area contributed by atoms with E-state index in [1.807, 2.05) is 36.9 Å². The summed E-state index contributed by atoms with van der Waals surface area (Å²) in [5.74, 6) is 0. The molecule has 4 nitrogen and oxygen atoms in total. The molecule has 0 aromatic heterocycles. The van der Waals surface area contributed by atoms with Crippen molar-refractivity contribution in [2.75, 3.05) is 19.7 Å². The summed E-state index contributed by atoms with van der Waals surface area (Å²) in [6.45, 7) is 5.83. The maximum Gasteiger partial charge on any atom is 0.410 e. The third-order valence-electron chi connectivity index (χ3n) is 3.48. The monoisotopic (exact) mass is 262 g/mol. The average molecular weight is 262 g/mol. The van der Waals surface area contributed by atoms with Gasteiger partial charge in [-0.3, -0.25) is 0 Å². The van der Waals surface area contributed by atoms with Crippen molar-refractivity contribution in [1.29, 1.82) is 0 Å². The van der Waals surface area contributed by atoms with Crippen LogP contribution in [0.2, 0.25) is 0 Å². The SMILES string of the molecule is CCOC(=O)N1CC(Cc2ccccc2)NCC1C. The van der Waals surface area contributed by atoms with E-state index in [4.69, 9.17) is 4.74 Å². The highest BCUT2D eigenvalue weighted by Crippen LogP contribution is 2.12. The number of rotatable bonds is 3. The molecule has 0 spiro atoms. The van der Waals surface area contributed by atoms with E-state index in [0.29, 0.717) is 19.2 Å². The molecule has 1 aliphatic heterocycles. The summed E-state index contributed by atoms with van der Waals surface area (Å²) < 4.78 is 5.11. The van der Waals surface area contributed by atoms with Gasteiger partial charge in [-0.15, -0.1) is 0 Å². The van der Waals surface area contributed by atoms with Crippen LogP contribution < -0.4 is 5.32 Å². The summed E-state index contributed by atoms with van der Waals surface area (Å²) in [6, 6.07) is 10.8. The lowest BCUT2D eigenvalue weighted by Gasteiger charge is -2.38. The van der Waals surface area contributed by atoms with Gasteiger partial charge in [0.15, 0.2) is 0 Å². The van der Waals surface area contributed by atoms with Crippen LogP contribution >= 0.6 is 0 Å². The van der Waals surface area contributed by atoms with E-state index < -0.39 is 0 Å². The molecule has 1 N–H and O–H groups in total. The Morgan fingerprint density at radius 1 is 1.42 bits per heavy atom. The second-order valence-electron chi connectivity index (χ2n) is 5.00. The summed E-state index contributed by atoms with van der Waals surface area (Å²) in [5.41, 5.74) is 1.29.